The van der Waals surface area contributed by atoms with Crippen LogP contribution in [0.1, 0.15) is 52.9 Å². The quantitative estimate of drug-likeness (QED) is 0.701. The monoisotopic (exact) mass is 210 g/mol. The van der Waals surface area contributed by atoms with Gasteiger partial charge >= 0.3 is 0 Å². The van der Waals surface area contributed by atoms with E-state index in [1.54, 1.807) is 0 Å². The lowest BCUT2D eigenvalue weighted by atomic mass is 9.93. The van der Waals surface area contributed by atoms with Crippen molar-refractivity contribution < 1.29 is 0 Å². The van der Waals surface area contributed by atoms with Crippen LogP contribution in [0, 0.1) is 0 Å². The van der Waals surface area contributed by atoms with E-state index in [0.717, 1.165) is 12.1 Å². The normalized spacial score (nSPS) is 31.4. The number of rotatable bonds is 5. The van der Waals surface area contributed by atoms with Crippen molar-refractivity contribution in [2.45, 2.75) is 70.5 Å². The Morgan fingerprint density at radius 2 is 2.13 bits per heavy atom. The second-order valence-electron chi connectivity index (χ2n) is 5.92. The molecular weight excluding hydrogens is 184 g/mol. The van der Waals surface area contributed by atoms with Gasteiger partial charge in [0, 0.05) is 30.7 Å². The first kappa shape index (κ1) is 11.4. The Bertz CT molecular complexity index is 213. The SMILES string of the molecule is CCCCCC(C)(C)N1CC2CC1CN2. The van der Waals surface area contributed by atoms with Gasteiger partial charge in [0.1, 0.15) is 0 Å². The smallest absolute Gasteiger partial charge is 0.0241 e. The third-order valence-electron chi connectivity index (χ3n) is 4.23. The van der Waals surface area contributed by atoms with E-state index in [4.69, 9.17) is 0 Å². The summed E-state index contributed by atoms with van der Waals surface area (Å²) in [6, 6.07) is 1.62. The summed E-state index contributed by atoms with van der Waals surface area (Å²) in [6.07, 6.45) is 6.87. The maximum absolute atomic E-state index is 3.58. The first-order valence-electron chi connectivity index (χ1n) is 6.63. The fraction of sp³-hybridized carbons (Fsp3) is 1.00. The fourth-order valence-corrected chi connectivity index (χ4v) is 3.25. The number of unbranched alkanes of at least 4 members (excludes halogenated alkanes) is 2. The maximum atomic E-state index is 3.58. The Labute approximate surface area is 94.4 Å². The maximum Gasteiger partial charge on any atom is 0.0241 e. The molecule has 2 unspecified atom stereocenters. The van der Waals surface area contributed by atoms with Crippen molar-refractivity contribution >= 4 is 0 Å². The van der Waals surface area contributed by atoms with E-state index in [1.807, 2.05) is 0 Å². The zero-order valence-electron chi connectivity index (χ0n) is 10.6. The van der Waals surface area contributed by atoms with Gasteiger partial charge in [-0.2, -0.15) is 0 Å². The highest BCUT2D eigenvalue weighted by molar-refractivity contribution is 5.02. The minimum absolute atomic E-state index is 0.427. The summed E-state index contributed by atoms with van der Waals surface area (Å²) >= 11 is 0. The molecule has 2 atom stereocenters. The van der Waals surface area contributed by atoms with Gasteiger partial charge in [-0.15, -0.1) is 0 Å². The third kappa shape index (κ3) is 2.36. The highest BCUT2D eigenvalue weighted by atomic mass is 15.3. The van der Waals surface area contributed by atoms with Crippen LogP contribution in [0.25, 0.3) is 0 Å². The Morgan fingerprint density at radius 3 is 2.67 bits per heavy atom. The second kappa shape index (κ2) is 4.42. The predicted octanol–water partition coefficient (Wildman–Crippen LogP) is 2.39. The number of nitrogens with zero attached hydrogens (tertiary/aromatic N) is 1. The van der Waals surface area contributed by atoms with Crippen molar-refractivity contribution in [3.05, 3.63) is 0 Å². The van der Waals surface area contributed by atoms with Gasteiger partial charge in [0.05, 0.1) is 0 Å². The summed E-state index contributed by atoms with van der Waals surface area (Å²) in [4.78, 5) is 2.75. The number of likely N-dealkylation sites (tertiary alicyclic amines) is 1. The summed E-state index contributed by atoms with van der Waals surface area (Å²) in [6.45, 7) is 9.66. The van der Waals surface area contributed by atoms with Crippen LogP contribution in [0.15, 0.2) is 0 Å². The molecule has 2 fully saturated rings. The average Bonchev–Trinajstić information content (AvgIpc) is 2.79. The molecule has 2 heteroatoms. The predicted molar refractivity (Wildman–Crippen MR) is 65.1 cm³/mol. The Morgan fingerprint density at radius 1 is 1.33 bits per heavy atom. The van der Waals surface area contributed by atoms with Crippen LogP contribution in [0.3, 0.4) is 0 Å². The van der Waals surface area contributed by atoms with E-state index in [-0.39, 0.29) is 0 Å². The molecule has 15 heavy (non-hydrogen) atoms. The van der Waals surface area contributed by atoms with Crippen molar-refractivity contribution in [3.63, 3.8) is 0 Å². The Balaban J connectivity index is 1.85. The van der Waals surface area contributed by atoms with E-state index in [0.29, 0.717) is 5.54 Å². The van der Waals surface area contributed by atoms with Gasteiger partial charge in [-0.25, -0.2) is 0 Å². The molecule has 1 N–H and O–H groups in total. The second-order valence-corrected chi connectivity index (χ2v) is 5.92. The number of nitrogens with one attached hydrogen (secondary N) is 1. The molecule has 0 saturated carbocycles. The van der Waals surface area contributed by atoms with Gasteiger partial charge < -0.3 is 5.32 Å². The third-order valence-corrected chi connectivity index (χ3v) is 4.23. The number of piperazine rings is 1. The molecule has 2 saturated heterocycles. The largest absolute Gasteiger partial charge is 0.311 e. The van der Waals surface area contributed by atoms with Crippen molar-refractivity contribution in [1.29, 1.82) is 0 Å². The van der Waals surface area contributed by atoms with Gasteiger partial charge in [-0.1, -0.05) is 26.2 Å². The lowest BCUT2D eigenvalue weighted by Crippen LogP contribution is -2.53. The van der Waals surface area contributed by atoms with Gasteiger partial charge in [0.2, 0.25) is 0 Å². The van der Waals surface area contributed by atoms with Crippen LogP contribution < -0.4 is 5.32 Å². The topological polar surface area (TPSA) is 15.3 Å². The van der Waals surface area contributed by atoms with Gasteiger partial charge in [-0.05, 0) is 26.7 Å². The summed E-state index contributed by atoms with van der Waals surface area (Å²) in [5, 5.41) is 3.58. The molecule has 2 nitrogen and oxygen atoms in total. The first-order valence-corrected chi connectivity index (χ1v) is 6.63. The molecule has 2 rings (SSSR count). The number of fused-ring (bicyclic) bond motifs is 2. The molecule has 2 heterocycles. The van der Waals surface area contributed by atoms with Crippen LogP contribution in [0.5, 0.6) is 0 Å². The standard InChI is InChI=1S/C13H26N2/c1-4-5-6-7-13(2,3)15-10-11-8-12(15)9-14-11/h11-12,14H,4-10H2,1-3H3. The van der Waals surface area contributed by atoms with Crippen molar-refractivity contribution in [1.82, 2.24) is 10.2 Å². The molecule has 2 aliphatic rings. The minimum Gasteiger partial charge on any atom is -0.311 e. The molecule has 2 bridgehead atoms. The molecular formula is C13H26N2. The molecule has 88 valence electrons. The summed E-state index contributed by atoms with van der Waals surface area (Å²) in [7, 11) is 0. The molecule has 0 aromatic heterocycles. The van der Waals surface area contributed by atoms with Crippen molar-refractivity contribution in [2.75, 3.05) is 13.1 Å². The van der Waals surface area contributed by atoms with E-state index in [9.17, 15) is 0 Å². The lowest BCUT2D eigenvalue weighted by molar-refractivity contribution is 0.0808. The molecule has 0 amide bonds. The number of hydrogen-bond acceptors (Lipinski definition) is 2. The Kier molecular flexibility index (Phi) is 3.36. The molecule has 0 aromatic rings. The lowest BCUT2D eigenvalue weighted by Gasteiger charge is -2.41. The number of hydrogen-bond donors (Lipinski definition) is 1. The van der Waals surface area contributed by atoms with E-state index in [1.165, 1.54) is 45.2 Å². The zero-order chi connectivity index (χ0) is 10.9. The summed E-state index contributed by atoms with van der Waals surface area (Å²) in [5.74, 6) is 0. The molecule has 0 spiro atoms. The highest BCUT2D eigenvalue weighted by Crippen LogP contribution is 2.33. The zero-order valence-corrected chi connectivity index (χ0v) is 10.6. The molecule has 0 aliphatic carbocycles. The fourth-order valence-electron chi connectivity index (χ4n) is 3.25. The van der Waals surface area contributed by atoms with Crippen LogP contribution >= 0.6 is 0 Å². The molecule has 0 aromatic carbocycles. The first-order chi connectivity index (χ1) is 7.13. The summed E-state index contributed by atoms with van der Waals surface area (Å²) in [5.41, 5.74) is 0.427. The van der Waals surface area contributed by atoms with Crippen molar-refractivity contribution in [3.8, 4) is 0 Å². The Hall–Kier alpha value is -0.0800. The average molecular weight is 210 g/mol. The highest BCUT2D eigenvalue weighted by Gasteiger charge is 2.43. The summed E-state index contributed by atoms with van der Waals surface area (Å²) < 4.78 is 0. The molecule has 2 aliphatic heterocycles. The van der Waals surface area contributed by atoms with E-state index >= 15 is 0 Å². The minimum atomic E-state index is 0.427. The van der Waals surface area contributed by atoms with Crippen LogP contribution in [0.2, 0.25) is 0 Å². The van der Waals surface area contributed by atoms with Gasteiger partial charge in [0.25, 0.3) is 0 Å². The van der Waals surface area contributed by atoms with Crippen LogP contribution in [0.4, 0.5) is 0 Å². The van der Waals surface area contributed by atoms with Gasteiger partial charge in [0.15, 0.2) is 0 Å². The van der Waals surface area contributed by atoms with Crippen molar-refractivity contribution in [2.24, 2.45) is 0 Å². The van der Waals surface area contributed by atoms with Crippen LogP contribution in [-0.4, -0.2) is 35.6 Å². The van der Waals surface area contributed by atoms with Crippen LogP contribution in [-0.2, 0) is 0 Å². The van der Waals surface area contributed by atoms with E-state index in [2.05, 4.69) is 31.0 Å². The van der Waals surface area contributed by atoms with Gasteiger partial charge in [-0.3, -0.25) is 4.90 Å². The van der Waals surface area contributed by atoms with E-state index < -0.39 is 0 Å². The molecule has 0 radical (unpaired) electrons.